The molecule has 0 aliphatic carbocycles. The van der Waals surface area contributed by atoms with E-state index in [0.717, 1.165) is 16.6 Å². The first-order chi connectivity index (χ1) is 11.6. The van der Waals surface area contributed by atoms with Crippen LogP contribution in [-0.2, 0) is 16.1 Å². The van der Waals surface area contributed by atoms with Crippen molar-refractivity contribution in [2.45, 2.75) is 20.4 Å². The SMILES string of the molecule is CCOC(=O)N1CCN(C(=O)Cn2nc(C)c3ccccc32)CC1. The van der Waals surface area contributed by atoms with Crippen molar-refractivity contribution in [3.8, 4) is 0 Å². The van der Waals surface area contributed by atoms with E-state index in [0.29, 0.717) is 32.8 Å². The Kier molecular flexibility index (Phi) is 4.69. The molecule has 0 N–H and O–H groups in total. The van der Waals surface area contributed by atoms with E-state index in [2.05, 4.69) is 5.10 Å². The molecule has 1 aliphatic rings. The number of piperazine rings is 1. The van der Waals surface area contributed by atoms with Gasteiger partial charge >= 0.3 is 6.09 Å². The highest BCUT2D eigenvalue weighted by atomic mass is 16.6. The molecule has 0 spiro atoms. The Morgan fingerprint density at radius 2 is 1.79 bits per heavy atom. The minimum absolute atomic E-state index is 0.0201. The van der Waals surface area contributed by atoms with Gasteiger partial charge in [-0.25, -0.2) is 4.79 Å². The number of fused-ring (bicyclic) bond motifs is 1. The molecule has 1 aromatic heterocycles. The molecular weight excluding hydrogens is 308 g/mol. The second-order valence-corrected chi connectivity index (χ2v) is 5.83. The minimum atomic E-state index is -0.307. The highest BCUT2D eigenvalue weighted by Gasteiger charge is 2.25. The molecule has 7 nitrogen and oxygen atoms in total. The number of carbonyl (C=O) groups excluding carboxylic acids is 2. The van der Waals surface area contributed by atoms with Crippen molar-refractivity contribution < 1.29 is 14.3 Å². The lowest BCUT2D eigenvalue weighted by Crippen LogP contribution is -2.51. The molecule has 128 valence electrons. The summed E-state index contributed by atoms with van der Waals surface area (Å²) in [6.07, 6.45) is -0.307. The number of amides is 2. The lowest BCUT2D eigenvalue weighted by atomic mass is 10.2. The van der Waals surface area contributed by atoms with Gasteiger partial charge in [0, 0.05) is 31.6 Å². The van der Waals surface area contributed by atoms with Crippen LogP contribution in [0, 0.1) is 6.92 Å². The first-order valence-electron chi connectivity index (χ1n) is 8.21. The van der Waals surface area contributed by atoms with Crippen molar-refractivity contribution in [2.75, 3.05) is 32.8 Å². The lowest BCUT2D eigenvalue weighted by Gasteiger charge is -2.34. The van der Waals surface area contributed by atoms with Crippen LogP contribution in [0.4, 0.5) is 4.79 Å². The van der Waals surface area contributed by atoms with E-state index in [-0.39, 0.29) is 18.5 Å². The fraction of sp³-hybridized carbons (Fsp3) is 0.471. The largest absolute Gasteiger partial charge is 0.450 e. The molecule has 2 heterocycles. The van der Waals surface area contributed by atoms with Crippen LogP contribution < -0.4 is 0 Å². The predicted octanol–water partition coefficient (Wildman–Crippen LogP) is 1.65. The van der Waals surface area contributed by atoms with Gasteiger partial charge in [-0.2, -0.15) is 5.10 Å². The van der Waals surface area contributed by atoms with Crippen LogP contribution in [0.2, 0.25) is 0 Å². The second-order valence-electron chi connectivity index (χ2n) is 5.83. The van der Waals surface area contributed by atoms with Crippen LogP contribution in [0.5, 0.6) is 0 Å². The quantitative estimate of drug-likeness (QED) is 0.858. The number of aromatic nitrogens is 2. The van der Waals surface area contributed by atoms with E-state index in [4.69, 9.17) is 4.74 Å². The smallest absolute Gasteiger partial charge is 0.409 e. The summed E-state index contributed by atoms with van der Waals surface area (Å²) in [6.45, 7) is 6.37. The highest BCUT2D eigenvalue weighted by molar-refractivity contribution is 5.84. The molecule has 0 saturated carbocycles. The van der Waals surface area contributed by atoms with Gasteiger partial charge in [0.1, 0.15) is 6.54 Å². The van der Waals surface area contributed by atoms with Gasteiger partial charge in [-0.3, -0.25) is 9.48 Å². The van der Waals surface area contributed by atoms with E-state index in [1.54, 1.807) is 21.4 Å². The average molecular weight is 330 g/mol. The third-order valence-electron chi connectivity index (χ3n) is 4.29. The lowest BCUT2D eigenvalue weighted by molar-refractivity contribution is -0.133. The molecule has 3 rings (SSSR count). The van der Waals surface area contributed by atoms with Crippen LogP contribution in [0.1, 0.15) is 12.6 Å². The number of para-hydroxylation sites is 1. The third-order valence-corrected chi connectivity index (χ3v) is 4.29. The Bertz CT molecular complexity index is 747. The first-order valence-corrected chi connectivity index (χ1v) is 8.21. The molecule has 2 aromatic rings. The number of benzene rings is 1. The van der Waals surface area contributed by atoms with Gasteiger partial charge in [-0.1, -0.05) is 18.2 Å². The van der Waals surface area contributed by atoms with E-state index in [1.807, 2.05) is 31.2 Å². The maximum absolute atomic E-state index is 12.6. The van der Waals surface area contributed by atoms with Crippen molar-refractivity contribution in [3.63, 3.8) is 0 Å². The van der Waals surface area contributed by atoms with Crippen LogP contribution in [0.3, 0.4) is 0 Å². The van der Waals surface area contributed by atoms with E-state index >= 15 is 0 Å². The molecule has 1 aliphatic heterocycles. The van der Waals surface area contributed by atoms with Crippen molar-refractivity contribution >= 4 is 22.9 Å². The number of hydrogen-bond donors (Lipinski definition) is 0. The molecule has 0 unspecified atom stereocenters. The summed E-state index contributed by atoms with van der Waals surface area (Å²) >= 11 is 0. The van der Waals surface area contributed by atoms with Gasteiger partial charge in [0.25, 0.3) is 0 Å². The topological polar surface area (TPSA) is 67.7 Å². The molecule has 1 fully saturated rings. The molecule has 0 atom stereocenters. The Labute approximate surface area is 140 Å². The minimum Gasteiger partial charge on any atom is -0.450 e. The zero-order chi connectivity index (χ0) is 17.1. The highest BCUT2D eigenvalue weighted by Crippen LogP contribution is 2.17. The average Bonchev–Trinajstić information content (AvgIpc) is 2.91. The summed E-state index contributed by atoms with van der Waals surface area (Å²) in [6, 6.07) is 7.90. The fourth-order valence-corrected chi connectivity index (χ4v) is 3.00. The van der Waals surface area contributed by atoms with E-state index in [1.165, 1.54) is 0 Å². The number of hydrogen-bond acceptors (Lipinski definition) is 4. The summed E-state index contributed by atoms with van der Waals surface area (Å²) in [5.41, 5.74) is 1.89. The molecule has 1 aromatic carbocycles. The molecule has 0 bridgehead atoms. The van der Waals surface area contributed by atoms with Crippen LogP contribution in [-0.4, -0.2) is 64.4 Å². The zero-order valence-corrected chi connectivity index (χ0v) is 14.1. The van der Waals surface area contributed by atoms with Gasteiger partial charge in [-0.05, 0) is 19.9 Å². The normalized spacial score (nSPS) is 14.9. The number of carbonyl (C=O) groups is 2. The van der Waals surface area contributed by atoms with Gasteiger partial charge in [0.05, 0.1) is 17.8 Å². The Balaban J connectivity index is 1.63. The van der Waals surface area contributed by atoms with E-state index < -0.39 is 0 Å². The zero-order valence-electron chi connectivity index (χ0n) is 14.1. The molecular formula is C17H22N4O3. The molecule has 0 radical (unpaired) electrons. The number of aryl methyl sites for hydroxylation is 1. The van der Waals surface area contributed by atoms with Crippen LogP contribution >= 0.6 is 0 Å². The maximum atomic E-state index is 12.6. The van der Waals surface area contributed by atoms with Crippen LogP contribution in [0.25, 0.3) is 10.9 Å². The van der Waals surface area contributed by atoms with Crippen molar-refractivity contribution in [3.05, 3.63) is 30.0 Å². The fourth-order valence-electron chi connectivity index (χ4n) is 3.00. The maximum Gasteiger partial charge on any atom is 0.409 e. The summed E-state index contributed by atoms with van der Waals surface area (Å²) < 4.78 is 6.75. The number of nitrogens with zero attached hydrogens (tertiary/aromatic N) is 4. The van der Waals surface area contributed by atoms with Crippen molar-refractivity contribution in [1.29, 1.82) is 0 Å². The third kappa shape index (κ3) is 3.20. The number of ether oxygens (including phenoxy) is 1. The number of rotatable bonds is 3. The predicted molar refractivity (Wildman–Crippen MR) is 89.6 cm³/mol. The van der Waals surface area contributed by atoms with Crippen molar-refractivity contribution in [1.82, 2.24) is 19.6 Å². The van der Waals surface area contributed by atoms with Gasteiger partial charge in [-0.15, -0.1) is 0 Å². The molecule has 24 heavy (non-hydrogen) atoms. The Morgan fingerprint density at radius 1 is 1.12 bits per heavy atom. The Morgan fingerprint density at radius 3 is 2.50 bits per heavy atom. The van der Waals surface area contributed by atoms with E-state index in [9.17, 15) is 9.59 Å². The summed E-state index contributed by atoms with van der Waals surface area (Å²) in [5.74, 6) is 0.0201. The summed E-state index contributed by atoms with van der Waals surface area (Å²) in [4.78, 5) is 27.7. The Hall–Kier alpha value is -2.57. The van der Waals surface area contributed by atoms with Gasteiger partial charge < -0.3 is 14.5 Å². The summed E-state index contributed by atoms with van der Waals surface area (Å²) in [5, 5.41) is 5.54. The van der Waals surface area contributed by atoms with Crippen molar-refractivity contribution in [2.24, 2.45) is 0 Å². The second kappa shape index (κ2) is 6.90. The summed E-state index contributed by atoms with van der Waals surface area (Å²) in [7, 11) is 0. The van der Waals surface area contributed by atoms with Gasteiger partial charge in [0.2, 0.25) is 5.91 Å². The van der Waals surface area contributed by atoms with Gasteiger partial charge in [0.15, 0.2) is 0 Å². The monoisotopic (exact) mass is 330 g/mol. The molecule has 1 saturated heterocycles. The standard InChI is InChI=1S/C17H22N4O3/c1-3-24-17(23)20-10-8-19(9-11-20)16(22)12-21-15-7-5-4-6-14(15)13(2)18-21/h4-7H,3,8-12H2,1-2H3. The molecule has 7 heteroatoms. The molecule has 2 amide bonds. The van der Waals surface area contributed by atoms with Crippen LogP contribution in [0.15, 0.2) is 24.3 Å². The first kappa shape index (κ1) is 16.3.